The lowest BCUT2D eigenvalue weighted by Crippen LogP contribution is -2.22. The topological polar surface area (TPSA) is 55.6 Å². The van der Waals surface area contributed by atoms with E-state index < -0.39 is 0 Å². The molecule has 1 unspecified atom stereocenters. The third-order valence-corrected chi connectivity index (χ3v) is 2.87. The molecule has 1 atom stereocenters. The summed E-state index contributed by atoms with van der Waals surface area (Å²) in [7, 11) is 3.42. The van der Waals surface area contributed by atoms with E-state index in [1.165, 1.54) is 11.0 Å². The molecule has 0 aromatic heterocycles. The van der Waals surface area contributed by atoms with Crippen molar-refractivity contribution in [2.24, 2.45) is 5.73 Å². The van der Waals surface area contributed by atoms with E-state index in [1.54, 1.807) is 20.2 Å². The summed E-state index contributed by atoms with van der Waals surface area (Å²) in [6, 6.07) is 4.77. The number of halogens is 1. The van der Waals surface area contributed by atoms with E-state index in [0.29, 0.717) is 25.9 Å². The van der Waals surface area contributed by atoms with Crippen molar-refractivity contribution in [3.63, 3.8) is 0 Å². The maximum absolute atomic E-state index is 13.8. The highest BCUT2D eigenvalue weighted by molar-refractivity contribution is 5.75. The highest BCUT2D eigenvalue weighted by Crippen LogP contribution is 2.24. The predicted molar refractivity (Wildman–Crippen MR) is 77.2 cm³/mol. The van der Waals surface area contributed by atoms with Crippen LogP contribution in [-0.4, -0.2) is 37.6 Å². The lowest BCUT2D eigenvalue weighted by Gasteiger charge is -2.14. The molecule has 20 heavy (non-hydrogen) atoms. The molecule has 0 bridgehead atoms. The molecule has 112 valence electrons. The Labute approximate surface area is 119 Å². The summed E-state index contributed by atoms with van der Waals surface area (Å²) >= 11 is 0. The fourth-order valence-electron chi connectivity index (χ4n) is 1.84. The molecule has 4 nitrogen and oxygen atoms in total. The van der Waals surface area contributed by atoms with Crippen LogP contribution in [0.1, 0.15) is 25.3 Å². The second-order valence-electron chi connectivity index (χ2n) is 5.15. The zero-order valence-corrected chi connectivity index (χ0v) is 12.4. The number of amides is 1. The maximum atomic E-state index is 13.8. The largest absolute Gasteiger partial charge is 0.490 e. The summed E-state index contributed by atoms with van der Waals surface area (Å²) < 4.78 is 19.3. The van der Waals surface area contributed by atoms with Gasteiger partial charge < -0.3 is 15.4 Å². The van der Waals surface area contributed by atoms with E-state index in [2.05, 4.69) is 0 Å². The van der Waals surface area contributed by atoms with E-state index >= 15 is 0 Å². The normalized spacial score (nSPS) is 12.1. The van der Waals surface area contributed by atoms with Gasteiger partial charge >= 0.3 is 0 Å². The fraction of sp³-hybridized carbons (Fsp3) is 0.533. The van der Waals surface area contributed by atoms with Gasteiger partial charge in [0.25, 0.3) is 0 Å². The van der Waals surface area contributed by atoms with E-state index in [1.807, 2.05) is 13.0 Å². The average molecular weight is 282 g/mol. The fourth-order valence-corrected chi connectivity index (χ4v) is 1.84. The monoisotopic (exact) mass is 282 g/mol. The molecule has 0 aliphatic heterocycles. The third kappa shape index (κ3) is 5.17. The molecule has 0 aliphatic rings. The lowest BCUT2D eigenvalue weighted by molar-refractivity contribution is -0.128. The van der Waals surface area contributed by atoms with Crippen molar-refractivity contribution in [2.45, 2.75) is 32.2 Å². The Hall–Kier alpha value is -1.62. The van der Waals surface area contributed by atoms with Gasteiger partial charge in [-0.3, -0.25) is 4.79 Å². The summed E-state index contributed by atoms with van der Waals surface area (Å²) in [4.78, 5) is 12.9. The number of nitrogens with two attached hydrogens (primary N) is 1. The zero-order valence-electron chi connectivity index (χ0n) is 12.4. The first kappa shape index (κ1) is 16.4. The number of rotatable bonds is 7. The molecule has 0 saturated heterocycles. The van der Waals surface area contributed by atoms with Crippen LogP contribution in [-0.2, 0) is 11.2 Å². The molecular weight excluding hydrogens is 259 g/mol. The number of carbonyl (C=O) groups excluding carboxylic acids is 1. The number of nitrogens with zero attached hydrogens (tertiary/aromatic N) is 1. The number of hydrogen-bond donors (Lipinski definition) is 1. The molecule has 0 fully saturated rings. The summed E-state index contributed by atoms with van der Waals surface area (Å²) in [6.07, 6.45) is 1.51. The van der Waals surface area contributed by atoms with Crippen LogP contribution in [0.3, 0.4) is 0 Å². The molecule has 2 N–H and O–H groups in total. The minimum atomic E-state index is -0.387. The molecule has 1 aromatic carbocycles. The van der Waals surface area contributed by atoms with Gasteiger partial charge in [-0.1, -0.05) is 12.1 Å². The minimum absolute atomic E-state index is 0.0398. The summed E-state index contributed by atoms with van der Waals surface area (Å²) in [5, 5.41) is 0. The van der Waals surface area contributed by atoms with Crippen LogP contribution in [0.15, 0.2) is 18.2 Å². The first-order valence-electron chi connectivity index (χ1n) is 6.77. The van der Waals surface area contributed by atoms with E-state index in [-0.39, 0.29) is 23.5 Å². The van der Waals surface area contributed by atoms with Crippen molar-refractivity contribution in [2.75, 3.05) is 20.7 Å². The van der Waals surface area contributed by atoms with Gasteiger partial charge in [0.05, 0.1) is 6.61 Å². The van der Waals surface area contributed by atoms with Gasteiger partial charge in [0.2, 0.25) is 5.91 Å². The van der Waals surface area contributed by atoms with Gasteiger partial charge in [0.1, 0.15) is 0 Å². The Kier molecular flexibility index (Phi) is 6.45. The molecular formula is C15H23FN2O2. The zero-order chi connectivity index (χ0) is 15.1. The van der Waals surface area contributed by atoms with Gasteiger partial charge in [-0.15, -0.1) is 0 Å². The molecule has 1 rings (SSSR count). The van der Waals surface area contributed by atoms with Crippen LogP contribution in [0.25, 0.3) is 0 Å². The summed E-state index contributed by atoms with van der Waals surface area (Å²) in [5.41, 5.74) is 6.51. The Morgan fingerprint density at radius 3 is 2.75 bits per heavy atom. The quantitative estimate of drug-likeness (QED) is 0.778. The molecule has 0 saturated carbocycles. The third-order valence-electron chi connectivity index (χ3n) is 2.87. The molecule has 0 heterocycles. The first-order valence-corrected chi connectivity index (χ1v) is 6.77. The first-order chi connectivity index (χ1) is 9.41. The standard InChI is InChI=1S/C15H23FN2O2/c1-11(17)10-12-6-4-7-13(16)15(12)20-9-5-8-14(19)18(2)3/h4,6-7,11H,5,8-10,17H2,1-3H3. The van der Waals surface area contributed by atoms with Crippen molar-refractivity contribution in [1.82, 2.24) is 4.90 Å². The molecule has 1 aromatic rings. The minimum Gasteiger partial charge on any atom is -0.490 e. The van der Waals surface area contributed by atoms with Gasteiger partial charge in [-0.25, -0.2) is 4.39 Å². The molecule has 0 spiro atoms. The second-order valence-corrected chi connectivity index (χ2v) is 5.15. The molecule has 0 aliphatic carbocycles. The van der Waals surface area contributed by atoms with Crippen LogP contribution in [0.2, 0.25) is 0 Å². The van der Waals surface area contributed by atoms with E-state index in [9.17, 15) is 9.18 Å². The number of para-hydroxylation sites is 1. The Morgan fingerprint density at radius 2 is 2.15 bits per heavy atom. The summed E-state index contributed by atoms with van der Waals surface area (Å²) in [6.45, 7) is 2.18. The number of ether oxygens (including phenoxy) is 1. The highest BCUT2D eigenvalue weighted by Gasteiger charge is 2.12. The van der Waals surface area contributed by atoms with Crippen LogP contribution in [0, 0.1) is 5.82 Å². The number of carbonyl (C=O) groups is 1. The highest BCUT2D eigenvalue weighted by atomic mass is 19.1. The van der Waals surface area contributed by atoms with Gasteiger partial charge in [0, 0.05) is 26.6 Å². The molecule has 0 radical (unpaired) electrons. The summed E-state index contributed by atoms with van der Waals surface area (Å²) in [5.74, 6) is -0.0953. The van der Waals surface area contributed by atoms with E-state index in [4.69, 9.17) is 10.5 Å². The van der Waals surface area contributed by atoms with Crippen molar-refractivity contribution in [3.05, 3.63) is 29.6 Å². The Balaban J connectivity index is 2.56. The molecule has 1 amide bonds. The van der Waals surface area contributed by atoms with Crippen molar-refractivity contribution < 1.29 is 13.9 Å². The number of hydrogen-bond acceptors (Lipinski definition) is 3. The Morgan fingerprint density at radius 1 is 1.45 bits per heavy atom. The van der Waals surface area contributed by atoms with Gasteiger partial charge in [-0.05, 0) is 31.4 Å². The van der Waals surface area contributed by atoms with Crippen LogP contribution < -0.4 is 10.5 Å². The van der Waals surface area contributed by atoms with Crippen LogP contribution in [0.4, 0.5) is 4.39 Å². The van der Waals surface area contributed by atoms with Crippen LogP contribution >= 0.6 is 0 Å². The second kappa shape index (κ2) is 7.85. The van der Waals surface area contributed by atoms with Gasteiger partial charge in [-0.2, -0.15) is 0 Å². The number of benzene rings is 1. The van der Waals surface area contributed by atoms with Crippen LogP contribution in [0.5, 0.6) is 5.75 Å². The lowest BCUT2D eigenvalue weighted by atomic mass is 10.1. The SMILES string of the molecule is CC(N)Cc1cccc(F)c1OCCCC(=O)N(C)C. The Bertz CT molecular complexity index is 447. The van der Waals surface area contributed by atoms with Crippen molar-refractivity contribution >= 4 is 5.91 Å². The van der Waals surface area contributed by atoms with Crippen molar-refractivity contribution in [3.8, 4) is 5.75 Å². The molecule has 5 heteroatoms. The predicted octanol–water partition coefficient (Wildman–Crippen LogP) is 1.96. The van der Waals surface area contributed by atoms with Gasteiger partial charge in [0.15, 0.2) is 11.6 Å². The van der Waals surface area contributed by atoms with Crippen molar-refractivity contribution in [1.29, 1.82) is 0 Å². The smallest absolute Gasteiger partial charge is 0.222 e. The average Bonchev–Trinajstić information content (AvgIpc) is 2.36. The van der Waals surface area contributed by atoms with E-state index in [0.717, 1.165) is 5.56 Å². The maximum Gasteiger partial charge on any atom is 0.222 e.